The van der Waals surface area contributed by atoms with Crippen molar-refractivity contribution in [3.8, 4) is 0 Å². The molecule has 0 saturated carbocycles. The zero-order valence-corrected chi connectivity index (χ0v) is 17.6. The Morgan fingerprint density at radius 3 is 1.61 bits per heavy atom. The van der Waals surface area contributed by atoms with E-state index in [1.54, 1.807) is 0 Å². The standard InChI is InChI=1S/C18H32O15/c1-4-14(9(23)11(25)16(28)29-4)32-18-13(27)10(24)15(6(3-20)31-18)33-17-12(26)8(22)7(21)5(2-19)30-17/h4-28H,2-3H2,1H3/t4-,5+,6+,7+,8-,9-,10+,11+,12+,13+,14-,15+,16?,17-,18-/m0/s1. The highest BCUT2D eigenvalue weighted by atomic mass is 16.8. The summed E-state index contributed by atoms with van der Waals surface area (Å²) in [5.41, 5.74) is 0. The van der Waals surface area contributed by atoms with Crippen LogP contribution in [0.15, 0.2) is 0 Å². The normalized spacial score (nSPS) is 53.7. The average Bonchev–Trinajstić information content (AvgIpc) is 2.79. The van der Waals surface area contributed by atoms with Gasteiger partial charge < -0.3 is 74.7 Å². The molecule has 0 amide bonds. The summed E-state index contributed by atoms with van der Waals surface area (Å²) in [5.74, 6) is 0. The number of ether oxygens (including phenoxy) is 5. The van der Waals surface area contributed by atoms with Gasteiger partial charge in [0.25, 0.3) is 0 Å². The van der Waals surface area contributed by atoms with Crippen LogP contribution in [0.2, 0.25) is 0 Å². The Labute approximate surface area is 187 Å². The van der Waals surface area contributed by atoms with Gasteiger partial charge in [0.1, 0.15) is 67.1 Å². The van der Waals surface area contributed by atoms with Crippen molar-refractivity contribution in [2.45, 2.75) is 99.0 Å². The highest BCUT2D eigenvalue weighted by Gasteiger charge is 2.52. The lowest BCUT2D eigenvalue weighted by Crippen LogP contribution is -2.66. The molecule has 10 N–H and O–H groups in total. The summed E-state index contributed by atoms with van der Waals surface area (Å²) in [6.07, 6.45) is -23.6. The van der Waals surface area contributed by atoms with Gasteiger partial charge in [-0.05, 0) is 6.92 Å². The molecular formula is C18H32O15. The van der Waals surface area contributed by atoms with E-state index in [2.05, 4.69) is 0 Å². The maximum atomic E-state index is 10.6. The van der Waals surface area contributed by atoms with E-state index in [-0.39, 0.29) is 0 Å². The number of aliphatic hydroxyl groups excluding tert-OH is 10. The van der Waals surface area contributed by atoms with Crippen molar-refractivity contribution < 1.29 is 74.7 Å². The Balaban J connectivity index is 1.70. The summed E-state index contributed by atoms with van der Waals surface area (Å²) in [4.78, 5) is 0. The lowest BCUT2D eigenvalue weighted by Gasteiger charge is -2.47. The van der Waals surface area contributed by atoms with E-state index in [0.717, 1.165) is 0 Å². The average molecular weight is 488 g/mol. The van der Waals surface area contributed by atoms with Gasteiger partial charge in [-0.15, -0.1) is 0 Å². The van der Waals surface area contributed by atoms with E-state index < -0.39 is 105 Å². The van der Waals surface area contributed by atoms with Crippen molar-refractivity contribution in [2.24, 2.45) is 0 Å². The minimum atomic E-state index is -1.83. The second-order valence-corrected chi connectivity index (χ2v) is 8.32. The van der Waals surface area contributed by atoms with Crippen LogP contribution >= 0.6 is 0 Å². The molecule has 3 aliphatic rings. The molecule has 3 aliphatic heterocycles. The lowest BCUT2D eigenvalue weighted by molar-refractivity contribution is -0.376. The zero-order valence-electron chi connectivity index (χ0n) is 17.6. The molecule has 0 aromatic heterocycles. The molecule has 0 aliphatic carbocycles. The van der Waals surface area contributed by atoms with Crippen molar-refractivity contribution >= 4 is 0 Å². The third-order valence-corrected chi connectivity index (χ3v) is 6.05. The third kappa shape index (κ3) is 5.32. The molecule has 3 fully saturated rings. The van der Waals surface area contributed by atoms with Gasteiger partial charge in [0.05, 0.1) is 19.3 Å². The van der Waals surface area contributed by atoms with Gasteiger partial charge in [-0.1, -0.05) is 0 Å². The minimum Gasteiger partial charge on any atom is -0.394 e. The predicted octanol–water partition coefficient (Wildman–Crippen LogP) is -6.55. The van der Waals surface area contributed by atoms with E-state index in [0.29, 0.717) is 0 Å². The maximum absolute atomic E-state index is 10.6. The van der Waals surface area contributed by atoms with Gasteiger partial charge in [-0.2, -0.15) is 0 Å². The molecule has 15 nitrogen and oxygen atoms in total. The van der Waals surface area contributed by atoms with Crippen molar-refractivity contribution in [3.63, 3.8) is 0 Å². The summed E-state index contributed by atoms with van der Waals surface area (Å²) in [6.45, 7) is -0.0729. The van der Waals surface area contributed by atoms with Crippen LogP contribution in [0.4, 0.5) is 0 Å². The Morgan fingerprint density at radius 2 is 1.03 bits per heavy atom. The third-order valence-electron chi connectivity index (χ3n) is 6.05. The summed E-state index contributed by atoms with van der Waals surface area (Å²) in [7, 11) is 0. The van der Waals surface area contributed by atoms with Crippen LogP contribution in [-0.2, 0) is 23.7 Å². The molecule has 15 heteroatoms. The van der Waals surface area contributed by atoms with Crippen LogP contribution in [0, 0.1) is 0 Å². The quantitative estimate of drug-likeness (QED) is 0.167. The lowest BCUT2D eigenvalue weighted by atomic mass is 9.96. The highest BCUT2D eigenvalue weighted by molar-refractivity contribution is 4.95. The van der Waals surface area contributed by atoms with E-state index >= 15 is 0 Å². The van der Waals surface area contributed by atoms with E-state index in [9.17, 15) is 51.1 Å². The Bertz CT molecular complexity index is 622. The van der Waals surface area contributed by atoms with Crippen molar-refractivity contribution in [3.05, 3.63) is 0 Å². The fourth-order valence-electron chi connectivity index (χ4n) is 4.03. The summed E-state index contributed by atoms with van der Waals surface area (Å²) >= 11 is 0. The molecule has 15 atom stereocenters. The van der Waals surface area contributed by atoms with Gasteiger partial charge in [0, 0.05) is 0 Å². The van der Waals surface area contributed by atoms with Gasteiger partial charge in [-0.25, -0.2) is 0 Å². The molecule has 3 saturated heterocycles. The molecular weight excluding hydrogens is 456 g/mol. The van der Waals surface area contributed by atoms with Crippen molar-refractivity contribution in [2.75, 3.05) is 13.2 Å². The molecule has 3 heterocycles. The molecule has 33 heavy (non-hydrogen) atoms. The Hall–Kier alpha value is -0.600. The molecule has 0 radical (unpaired) electrons. The Morgan fingerprint density at radius 1 is 0.545 bits per heavy atom. The molecule has 0 aromatic rings. The highest BCUT2D eigenvalue weighted by Crippen LogP contribution is 2.32. The second-order valence-electron chi connectivity index (χ2n) is 8.32. The molecule has 194 valence electrons. The van der Waals surface area contributed by atoms with E-state index in [4.69, 9.17) is 23.7 Å². The summed E-state index contributed by atoms with van der Waals surface area (Å²) < 4.78 is 26.6. The first-order valence-corrected chi connectivity index (χ1v) is 10.4. The van der Waals surface area contributed by atoms with Crippen LogP contribution in [0.1, 0.15) is 6.92 Å². The van der Waals surface area contributed by atoms with Gasteiger partial charge >= 0.3 is 0 Å². The first-order chi connectivity index (χ1) is 15.5. The van der Waals surface area contributed by atoms with Gasteiger partial charge in [0.2, 0.25) is 0 Å². The number of hydrogen-bond acceptors (Lipinski definition) is 15. The van der Waals surface area contributed by atoms with Gasteiger partial charge in [-0.3, -0.25) is 0 Å². The molecule has 0 bridgehead atoms. The zero-order chi connectivity index (χ0) is 24.6. The second kappa shape index (κ2) is 11.0. The van der Waals surface area contributed by atoms with Gasteiger partial charge in [0.15, 0.2) is 18.9 Å². The minimum absolute atomic E-state index is 0.721. The smallest absolute Gasteiger partial charge is 0.187 e. The molecule has 1 unspecified atom stereocenters. The number of rotatable bonds is 6. The molecule has 0 spiro atoms. The fraction of sp³-hybridized carbons (Fsp3) is 1.00. The number of aliphatic hydroxyl groups is 10. The van der Waals surface area contributed by atoms with Crippen molar-refractivity contribution in [1.82, 2.24) is 0 Å². The van der Waals surface area contributed by atoms with Crippen LogP contribution in [0.25, 0.3) is 0 Å². The number of hydrogen-bond donors (Lipinski definition) is 10. The predicted molar refractivity (Wildman–Crippen MR) is 99.8 cm³/mol. The first kappa shape index (κ1) is 27.0. The van der Waals surface area contributed by atoms with E-state index in [1.165, 1.54) is 6.92 Å². The maximum Gasteiger partial charge on any atom is 0.187 e. The van der Waals surface area contributed by atoms with Crippen molar-refractivity contribution in [1.29, 1.82) is 0 Å². The summed E-state index contributed by atoms with van der Waals surface area (Å²) in [6, 6.07) is 0. The SMILES string of the molecule is C[C@@H]1OC(O)[C@H](O)[C@H](O)[C@H]1O[C@@H]1O[C@H](CO)[C@@H](O[C@@H]2O[C@H](CO)[C@@H](O)[C@H](O)[C@H]2O)[C@H](O)[C@H]1O. The summed E-state index contributed by atoms with van der Waals surface area (Å²) in [5, 5.41) is 99.5. The molecule has 0 aromatic carbocycles. The first-order valence-electron chi connectivity index (χ1n) is 10.4. The van der Waals surface area contributed by atoms with Crippen LogP contribution in [0.3, 0.4) is 0 Å². The van der Waals surface area contributed by atoms with E-state index in [1.807, 2.05) is 0 Å². The monoisotopic (exact) mass is 488 g/mol. The molecule has 3 rings (SSSR count). The fourth-order valence-corrected chi connectivity index (χ4v) is 4.03. The van der Waals surface area contributed by atoms with Crippen LogP contribution in [0.5, 0.6) is 0 Å². The van der Waals surface area contributed by atoms with Crippen LogP contribution in [-0.4, -0.2) is 156 Å². The van der Waals surface area contributed by atoms with Crippen LogP contribution < -0.4 is 0 Å². The topological polar surface area (TPSA) is 248 Å². The Kier molecular flexibility index (Phi) is 8.99. The largest absolute Gasteiger partial charge is 0.394 e.